The minimum absolute atomic E-state index is 0. The van der Waals surface area contributed by atoms with Crippen LogP contribution in [0.3, 0.4) is 0 Å². The number of carbonyl (C=O) groups excluding carboxylic acids is 1. The predicted molar refractivity (Wildman–Crippen MR) is 83.6 cm³/mol. The first-order valence-corrected chi connectivity index (χ1v) is 7.45. The van der Waals surface area contributed by atoms with Gasteiger partial charge in [-0.05, 0) is 18.1 Å². The molecule has 1 aliphatic rings. The molecule has 0 unspecified atom stereocenters. The first-order valence-electron chi connectivity index (χ1n) is 7.45. The van der Waals surface area contributed by atoms with Crippen molar-refractivity contribution < 1.29 is 27.2 Å². The van der Waals surface area contributed by atoms with Crippen molar-refractivity contribution >= 4 is 16.8 Å². The maximum absolute atomic E-state index is 12.5. The molecule has 0 radical (unpaired) electrons. The molecule has 7 heteroatoms. The van der Waals surface area contributed by atoms with Crippen LogP contribution in [0.2, 0.25) is 0 Å². The average molecular weight is 338 g/mol. The number of hydrogen-bond donors (Lipinski definition) is 3. The van der Waals surface area contributed by atoms with Crippen molar-refractivity contribution in [3.63, 3.8) is 0 Å². The van der Waals surface area contributed by atoms with E-state index in [2.05, 4.69) is 5.32 Å². The Bertz CT molecular complexity index is 814. The van der Waals surface area contributed by atoms with E-state index in [4.69, 9.17) is 0 Å². The predicted octanol–water partition coefficient (Wildman–Crippen LogP) is -3.86. The van der Waals surface area contributed by atoms with Gasteiger partial charge in [0.1, 0.15) is 11.3 Å². The summed E-state index contributed by atoms with van der Waals surface area (Å²) in [5.41, 5.74) is 1.22. The number of hydrogen-bond acceptors (Lipinski definition) is 3. The molecule has 124 valence electrons. The molecule has 3 rings (SSSR count). The molecule has 2 aromatic rings. The standard InChI is InChI=1S/C16H19N3O3.ClH/c1-18(2)9-7-17-15(21)12-14(20)11-5-3-4-10-6-8-19(13(10)11)16(12)22;/h3-5,20H,6-9H2,1-2H3,(H,17,21);1H. The highest BCUT2D eigenvalue weighted by Crippen LogP contribution is 2.31. The topological polar surface area (TPSA) is 75.8 Å². The van der Waals surface area contributed by atoms with Crippen LogP contribution < -0.4 is 28.2 Å². The Labute approximate surface area is 140 Å². The van der Waals surface area contributed by atoms with Gasteiger partial charge >= 0.3 is 0 Å². The van der Waals surface area contributed by atoms with Crippen molar-refractivity contribution in [2.75, 3.05) is 27.2 Å². The van der Waals surface area contributed by atoms with Crippen LogP contribution in [0.1, 0.15) is 15.9 Å². The van der Waals surface area contributed by atoms with Crippen LogP contribution in [0, 0.1) is 0 Å². The summed E-state index contributed by atoms with van der Waals surface area (Å²) in [7, 11) is 3.97. The van der Waals surface area contributed by atoms with Gasteiger partial charge in [0.25, 0.3) is 11.5 Å². The zero-order chi connectivity index (χ0) is 15.9. The number of amides is 1. The number of para-hydroxylation sites is 1. The molecule has 0 aliphatic carbocycles. The molecule has 0 saturated heterocycles. The Morgan fingerprint density at radius 1 is 1.39 bits per heavy atom. The quantitative estimate of drug-likeness (QED) is 0.534. The van der Waals surface area contributed by atoms with Crippen molar-refractivity contribution in [2.24, 2.45) is 0 Å². The van der Waals surface area contributed by atoms with E-state index < -0.39 is 11.5 Å². The number of nitrogens with one attached hydrogen (secondary N) is 2. The molecule has 0 bridgehead atoms. The van der Waals surface area contributed by atoms with Gasteiger partial charge in [-0.3, -0.25) is 9.59 Å². The van der Waals surface area contributed by atoms with E-state index in [-0.39, 0.29) is 23.7 Å². The largest absolute Gasteiger partial charge is 1.00 e. The number of nitrogens with zero attached hydrogens (tertiary/aromatic N) is 1. The second kappa shape index (κ2) is 6.60. The zero-order valence-electron chi connectivity index (χ0n) is 13.1. The summed E-state index contributed by atoms with van der Waals surface area (Å²) in [6.07, 6.45) is 0.751. The summed E-state index contributed by atoms with van der Waals surface area (Å²) in [5.74, 6) is -0.721. The lowest BCUT2D eigenvalue weighted by atomic mass is 10.1. The molecule has 0 fully saturated rings. The number of quaternary nitrogens is 1. The van der Waals surface area contributed by atoms with E-state index in [1.807, 2.05) is 26.2 Å². The first-order chi connectivity index (χ1) is 10.5. The van der Waals surface area contributed by atoms with Crippen LogP contribution in [0.15, 0.2) is 23.0 Å². The monoisotopic (exact) mass is 337 g/mol. The van der Waals surface area contributed by atoms with E-state index in [9.17, 15) is 14.7 Å². The van der Waals surface area contributed by atoms with Crippen molar-refractivity contribution in [1.82, 2.24) is 9.88 Å². The second-order valence-electron chi connectivity index (χ2n) is 5.96. The SMILES string of the molecule is C[NH+](C)CCNC(=O)c1c(O)c2cccc3c2n(c1=O)CC3.[Cl-]. The Kier molecular flexibility index (Phi) is 4.97. The van der Waals surface area contributed by atoms with Crippen LogP contribution in [-0.2, 0) is 13.0 Å². The van der Waals surface area contributed by atoms with E-state index in [0.29, 0.717) is 18.5 Å². The molecule has 6 nitrogen and oxygen atoms in total. The van der Waals surface area contributed by atoms with Crippen LogP contribution >= 0.6 is 0 Å². The molecule has 3 N–H and O–H groups in total. The molecule has 0 saturated carbocycles. The van der Waals surface area contributed by atoms with E-state index in [1.165, 1.54) is 4.90 Å². The third kappa shape index (κ3) is 2.92. The minimum Gasteiger partial charge on any atom is -1.00 e. The molecule has 1 aromatic heterocycles. The highest BCUT2D eigenvalue weighted by atomic mass is 35.5. The Morgan fingerprint density at radius 3 is 2.83 bits per heavy atom. The highest BCUT2D eigenvalue weighted by Gasteiger charge is 2.25. The van der Waals surface area contributed by atoms with E-state index in [0.717, 1.165) is 24.0 Å². The number of benzene rings is 1. The van der Waals surface area contributed by atoms with Crippen LogP contribution in [-0.4, -0.2) is 42.8 Å². The number of aromatic nitrogens is 1. The lowest BCUT2D eigenvalue weighted by Gasteiger charge is -2.12. The molecule has 1 aliphatic heterocycles. The van der Waals surface area contributed by atoms with E-state index in [1.54, 1.807) is 10.6 Å². The Hall–Kier alpha value is -2.05. The summed E-state index contributed by atoms with van der Waals surface area (Å²) in [6, 6.07) is 5.54. The summed E-state index contributed by atoms with van der Waals surface area (Å²) in [5, 5.41) is 13.7. The van der Waals surface area contributed by atoms with Gasteiger partial charge in [0, 0.05) is 11.9 Å². The third-order valence-electron chi connectivity index (χ3n) is 4.08. The number of aromatic hydroxyl groups is 1. The number of rotatable bonds is 4. The van der Waals surface area contributed by atoms with E-state index >= 15 is 0 Å². The van der Waals surface area contributed by atoms with Gasteiger partial charge in [-0.25, -0.2) is 0 Å². The summed E-state index contributed by atoms with van der Waals surface area (Å²) < 4.78 is 1.59. The van der Waals surface area contributed by atoms with Gasteiger partial charge in [-0.2, -0.15) is 0 Å². The molecular weight excluding hydrogens is 318 g/mol. The molecule has 0 atom stereocenters. The zero-order valence-corrected chi connectivity index (χ0v) is 13.9. The average Bonchev–Trinajstić information content (AvgIpc) is 2.89. The maximum Gasteiger partial charge on any atom is 0.267 e. The van der Waals surface area contributed by atoms with Gasteiger partial charge in [-0.1, -0.05) is 12.1 Å². The normalized spacial score (nSPS) is 12.5. The van der Waals surface area contributed by atoms with Crippen LogP contribution in [0.5, 0.6) is 5.75 Å². The summed E-state index contributed by atoms with van der Waals surface area (Å²) in [4.78, 5) is 26.0. The maximum atomic E-state index is 12.5. The van der Waals surface area contributed by atoms with Crippen molar-refractivity contribution in [3.05, 3.63) is 39.7 Å². The van der Waals surface area contributed by atoms with Gasteiger partial charge < -0.3 is 32.3 Å². The molecule has 1 aromatic carbocycles. The molecule has 2 heterocycles. The van der Waals surface area contributed by atoms with Crippen molar-refractivity contribution in [2.45, 2.75) is 13.0 Å². The van der Waals surface area contributed by atoms with Gasteiger partial charge in [0.05, 0.1) is 32.7 Å². The van der Waals surface area contributed by atoms with Crippen LogP contribution in [0.25, 0.3) is 10.9 Å². The lowest BCUT2D eigenvalue weighted by molar-refractivity contribution is -0.856. The Balaban J connectivity index is 0.00000192. The fourth-order valence-electron chi connectivity index (χ4n) is 2.94. The molecule has 1 amide bonds. The number of pyridine rings is 1. The number of carbonyl (C=O) groups is 1. The smallest absolute Gasteiger partial charge is 0.267 e. The number of likely N-dealkylation sites (N-methyl/N-ethyl adjacent to an activating group) is 1. The van der Waals surface area contributed by atoms with Crippen LogP contribution in [0.4, 0.5) is 0 Å². The van der Waals surface area contributed by atoms with Crippen molar-refractivity contribution in [1.29, 1.82) is 0 Å². The lowest BCUT2D eigenvalue weighted by Crippen LogP contribution is -3.06. The highest BCUT2D eigenvalue weighted by molar-refractivity contribution is 6.03. The fraction of sp³-hybridized carbons (Fsp3) is 0.375. The van der Waals surface area contributed by atoms with Gasteiger partial charge in [0.2, 0.25) is 0 Å². The summed E-state index contributed by atoms with van der Waals surface area (Å²) in [6.45, 7) is 1.76. The first kappa shape index (κ1) is 17.3. The third-order valence-corrected chi connectivity index (χ3v) is 4.08. The minimum atomic E-state index is -0.508. The van der Waals surface area contributed by atoms with Gasteiger partial charge in [-0.15, -0.1) is 0 Å². The number of aryl methyl sites for hydroxylation is 2. The molecule has 0 spiro atoms. The molecule has 23 heavy (non-hydrogen) atoms. The second-order valence-corrected chi connectivity index (χ2v) is 5.96. The fourth-order valence-corrected chi connectivity index (χ4v) is 2.94. The summed E-state index contributed by atoms with van der Waals surface area (Å²) >= 11 is 0. The van der Waals surface area contributed by atoms with Gasteiger partial charge in [0.15, 0.2) is 0 Å². The van der Waals surface area contributed by atoms with Crippen molar-refractivity contribution in [3.8, 4) is 5.75 Å². The Morgan fingerprint density at radius 2 is 2.13 bits per heavy atom. The number of halogens is 1. The molecular formula is C16H20ClN3O3.